The molecular formula is C24H20Cl3N3O3S. The van der Waals surface area contributed by atoms with E-state index in [0.717, 1.165) is 16.8 Å². The molecule has 0 aliphatic carbocycles. The fourth-order valence-electron chi connectivity index (χ4n) is 3.36. The zero-order valence-electron chi connectivity index (χ0n) is 18.5. The van der Waals surface area contributed by atoms with Crippen LogP contribution in [0.25, 0.3) is 17.1 Å². The maximum absolute atomic E-state index is 6.18. The number of rotatable bonds is 8. The van der Waals surface area contributed by atoms with Crippen LogP contribution >= 0.6 is 46.6 Å². The summed E-state index contributed by atoms with van der Waals surface area (Å²) in [6.07, 6.45) is 0. The molecule has 0 fully saturated rings. The van der Waals surface area contributed by atoms with Gasteiger partial charge in [0.2, 0.25) is 5.75 Å². The molecule has 0 radical (unpaired) electrons. The molecule has 0 N–H and O–H groups in total. The van der Waals surface area contributed by atoms with Gasteiger partial charge >= 0.3 is 0 Å². The van der Waals surface area contributed by atoms with Crippen molar-refractivity contribution in [2.45, 2.75) is 10.9 Å². The summed E-state index contributed by atoms with van der Waals surface area (Å²) >= 11 is 19.9. The lowest BCUT2D eigenvalue weighted by Gasteiger charge is -2.15. The number of hydrogen-bond donors (Lipinski definition) is 0. The van der Waals surface area contributed by atoms with E-state index < -0.39 is 0 Å². The van der Waals surface area contributed by atoms with Gasteiger partial charge in [-0.2, -0.15) is 0 Å². The lowest BCUT2D eigenvalue weighted by Crippen LogP contribution is -2.01. The zero-order valence-corrected chi connectivity index (χ0v) is 21.6. The summed E-state index contributed by atoms with van der Waals surface area (Å²) in [6.45, 7) is 0. The first-order chi connectivity index (χ1) is 16.4. The number of aromatic nitrogens is 3. The fourth-order valence-corrected chi connectivity index (χ4v) is 4.70. The van der Waals surface area contributed by atoms with Gasteiger partial charge in [0.05, 0.1) is 31.4 Å². The number of benzene rings is 3. The third kappa shape index (κ3) is 5.08. The minimum atomic E-state index is 0.500. The van der Waals surface area contributed by atoms with Crippen molar-refractivity contribution in [2.75, 3.05) is 21.3 Å². The van der Waals surface area contributed by atoms with Gasteiger partial charge in [0.25, 0.3) is 0 Å². The average molecular weight is 537 g/mol. The summed E-state index contributed by atoms with van der Waals surface area (Å²) in [5.74, 6) is 2.77. The Kier molecular flexibility index (Phi) is 7.78. The second-order valence-electron chi connectivity index (χ2n) is 7.07. The molecule has 0 bridgehead atoms. The van der Waals surface area contributed by atoms with Gasteiger partial charge in [0, 0.05) is 22.0 Å². The number of methoxy groups -OCH3 is 3. The first kappa shape index (κ1) is 24.5. The summed E-state index contributed by atoms with van der Waals surface area (Å²) in [6, 6.07) is 16.7. The van der Waals surface area contributed by atoms with Gasteiger partial charge in [-0.25, -0.2) is 0 Å². The Labute approximate surface area is 216 Å². The summed E-state index contributed by atoms with van der Waals surface area (Å²) in [5.41, 5.74) is 2.62. The highest BCUT2D eigenvalue weighted by Crippen LogP contribution is 2.42. The molecule has 10 heteroatoms. The molecular weight excluding hydrogens is 517 g/mol. The van der Waals surface area contributed by atoms with Gasteiger partial charge in [-0.15, -0.1) is 10.2 Å². The summed E-state index contributed by atoms with van der Waals surface area (Å²) in [4.78, 5) is 0. The van der Waals surface area contributed by atoms with Gasteiger partial charge < -0.3 is 14.2 Å². The molecule has 1 heterocycles. The molecule has 0 amide bonds. The van der Waals surface area contributed by atoms with Crippen molar-refractivity contribution < 1.29 is 14.2 Å². The molecule has 0 spiro atoms. The summed E-state index contributed by atoms with van der Waals surface area (Å²) < 4.78 is 18.5. The predicted octanol–water partition coefficient (Wildman–Crippen LogP) is 7.21. The molecule has 4 rings (SSSR count). The van der Waals surface area contributed by atoms with Crippen LogP contribution in [0.5, 0.6) is 17.2 Å². The molecule has 1 aromatic heterocycles. The molecule has 0 saturated heterocycles. The van der Waals surface area contributed by atoms with Crippen LogP contribution in [-0.4, -0.2) is 36.1 Å². The molecule has 34 heavy (non-hydrogen) atoms. The Morgan fingerprint density at radius 3 is 2.06 bits per heavy atom. The minimum absolute atomic E-state index is 0.500. The van der Waals surface area contributed by atoms with Gasteiger partial charge in [0.1, 0.15) is 0 Å². The van der Waals surface area contributed by atoms with E-state index in [4.69, 9.17) is 49.0 Å². The Bertz CT molecular complexity index is 1290. The largest absolute Gasteiger partial charge is 0.493 e. The van der Waals surface area contributed by atoms with Crippen molar-refractivity contribution in [3.63, 3.8) is 0 Å². The molecule has 0 atom stereocenters. The lowest BCUT2D eigenvalue weighted by atomic mass is 10.1. The highest BCUT2D eigenvalue weighted by molar-refractivity contribution is 7.98. The Balaban J connectivity index is 1.80. The van der Waals surface area contributed by atoms with Crippen LogP contribution in [0, 0.1) is 0 Å². The third-order valence-corrected chi connectivity index (χ3v) is 6.98. The second kappa shape index (κ2) is 10.8. The van der Waals surface area contributed by atoms with E-state index in [1.54, 1.807) is 27.4 Å². The van der Waals surface area contributed by atoms with Gasteiger partial charge in [-0.3, -0.25) is 4.57 Å². The Hall–Kier alpha value is -2.58. The maximum Gasteiger partial charge on any atom is 0.203 e. The highest BCUT2D eigenvalue weighted by Gasteiger charge is 2.21. The van der Waals surface area contributed by atoms with Crippen molar-refractivity contribution in [1.82, 2.24) is 14.8 Å². The molecule has 0 aliphatic heterocycles. The van der Waals surface area contributed by atoms with Gasteiger partial charge in [-0.1, -0.05) is 52.6 Å². The predicted molar refractivity (Wildman–Crippen MR) is 137 cm³/mol. The molecule has 176 valence electrons. The van der Waals surface area contributed by atoms with Crippen molar-refractivity contribution >= 4 is 46.6 Å². The molecule has 0 saturated carbocycles. The van der Waals surface area contributed by atoms with Crippen LogP contribution < -0.4 is 14.2 Å². The van der Waals surface area contributed by atoms with Crippen LogP contribution in [-0.2, 0) is 5.75 Å². The number of nitrogens with zero attached hydrogens (tertiary/aromatic N) is 3. The third-order valence-electron chi connectivity index (χ3n) is 4.99. The van der Waals surface area contributed by atoms with Crippen LogP contribution in [0.4, 0.5) is 0 Å². The molecule has 0 unspecified atom stereocenters. The SMILES string of the molecule is COc1cc(-c2nnc(SCc3ccc(Cl)c(Cl)c3)n2-c2ccc(Cl)cc2)cc(OC)c1OC. The lowest BCUT2D eigenvalue weighted by molar-refractivity contribution is 0.324. The normalized spacial score (nSPS) is 10.9. The quantitative estimate of drug-likeness (QED) is 0.222. The van der Waals surface area contributed by atoms with E-state index in [1.165, 1.54) is 11.8 Å². The van der Waals surface area contributed by atoms with E-state index in [0.29, 0.717) is 49.1 Å². The molecule has 4 aromatic rings. The van der Waals surface area contributed by atoms with E-state index in [1.807, 2.05) is 53.1 Å². The first-order valence-electron chi connectivity index (χ1n) is 10.0. The van der Waals surface area contributed by atoms with Crippen LogP contribution in [0.1, 0.15) is 5.56 Å². The van der Waals surface area contributed by atoms with Gasteiger partial charge in [-0.05, 0) is 54.1 Å². The van der Waals surface area contributed by atoms with Crippen LogP contribution in [0.15, 0.2) is 59.8 Å². The monoisotopic (exact) mass is 535 g/mol. The maximum atomic E-state index is 6.18. The Morgan fingerprint density at radius 1 is 0.794 bits per heavy atom. The number of halogens is 3. The number of hydrogen-bond acceptors (Lipinski definition) is 6. The van der Waals surface area contributed by atoms with Crippen molar-refractivity contribution in [2.24, 2.45) is 0 Å². The van der Waals surface area contributed by atoms with E-state index >= 15 is 0 Å². The highest BCUT2D eigenvalue weighted by atomic mass is 35.5. The average Bonchev–Trinajstić information content (AvgIpc) is 3.28. The van der Waals surface area contributed by atoms with Crippen molar-refractivity contribution in [3.8, 4) is 34.3 Å². The molecule has 6 nitrogen and oxygen atoms in total. The number of thioether (sulfide) groups is 1. The zero-order chi connectivity index (χ0) is 24.2. The van der Waals surface area contributed by atoms with Crippen LogP contribution in [0.2, 0.25) is 15.1 Å². The fraction of sp³-hybridized carbons (Fsp3) is 0.167. The molecule has 3 aromatic carbocycles. The van der Waals surface area contributed by atoms with Gasteiger partial charge in [0.15, 0.2) is 22.5 Å². The van der Waals surface area contributed by atoms with E-state index in [9.17, 15) is 0 Å². The topological polar surface area (TPSA) is 58.4 Å². The molecule has 0 aliphatic rings. The smallest absolute Gasteiger partial charge is 0.203 e. The van der Waals surface area contributed by atoms with Crippen molar-refractivity contribution in [1.29, 1.82) is 0 Å². The van der Waals surface area contributed by atoms with E-state index in [-0.39, 0.29) is 0 Å². The minimum Gasteiger partial charge on any atom is -0.493 e. The standard InChI is InChI=1S/C24H20Cl3N3O3S/c1-31-20-11-15(12-21(32-2)22(20)33-3)23-28-29-24(30(23)17-7-5-16(25)6-8-17)34-13-14-4-9-18(26)19(27)10-14/h4-12H,13H2,1-3H3. The Morgan fingerprint density at radius 2 is 1.47 bits per heavy atom. The van der Waals surface area contributed by atoms with E-state index in [2.05, 4.69) is 10.2 Å². The van der Waals surface area contributed by atoms with Crippen LogP contribution in [0.3, 0.4) is 0 Å². The summed E-state index contributed by atoms with van der Waals surface area (Å²) in [7, 11) is 4.71. The number of ether oxygens (including phenoxy) is 3. The van der Waals surface area contributed by atoms with Crippen molar-refractivity contribution in [3.05, 3.63) is 75.2 Å². The first-order valence-corrected chi connectivity index (χ1v) is 12.2. The second-order valence-corrected chi connectivity index (χ2v) is 9.26. The summed E-state index contributed by atoms with van der Waals surface area (Å²) in [5, 5.41) is 11.3.